The second-order valence-corrected chi connectivity index (χ2v) is 10.2. The molecule has 0 nitrogen and oxygen atoms in total. The summed E-state index contributed by atoms with van der Waals surface area (Å²) in [5.41, 5.74) is 13.7. The minimum absolute atomic E-state index is 0.232. The number of fused-ring (bicyclic) bond motifs is 4. The summed E-state index contributed by atoms with van der Waals surface area (Å²) in [7, 11) is 0. The van der Waals surface area contributed by atoms with Crippen molar-refractivity contribution in [2.24, 2.45) is 0 Å². The predicted molar refractivity (Wildman–Crippen MR) is 160 cm³/mol. The molecule has 0 bridgehead atoms. The third kappa shape index (κ3) is 3.70. The van der Waals surface area contributed by atoms with Crippen LogP contribution in [0.5, 0.6) is 0 Å². The van der Waals surface area contributed by atoms with Gasteiger partial charge < -0.3 is 0 Å². The van der Waals surface area contributed by atoms with E-state index in [0.29, 0.717) is 0 Å². The van der Waals surface area contributed by atoms with Gasteiger partial charge in [-0.05, 0) is 63.1 Å². The maximum Gasteiger partial charge on any atom is 0.243 e. The second-order valence-electron chi connectivity index (χ2n) is 10.2. The zero-order valence-corrected chi connectivity index (χ0v) is 21.0. The summed E-state index contributed by atoms with van der Waals surface area (Å²) in [6.45, 7) is 2.50. The first-order valence-corrected chi connectivity index (χ1v) is 13.1. The SMILES string of the molecule is Cc1ccc2c(c1-c1ccccc1Cc1ccc3ccccc3c1)B(c1ccccc1)c1ccccc1-2. The third-order valence-corrected chi connectivity index (χ3v) is 7.93. The average Bonchev–Trinajstić information content (AvgIpc) is 3.28. The van der Waals surface area contributed by atoms with E-state index >= 15 is 0 Å². The lowest BCUT2D eigenvalue weighted by Crippen LogP contribution is -2.49. The van der Waals surface area contributed by atoms with Crippen LogP contribution in [-0.2, 0) is 6.42 Å². The van der Waals surface area contributed by atoms with Gasteiger partial charge in [-0.2, -0.15) is 0 Å². The van der Waals surface area contributed by atoms with E-state index in [1.807, 2.05) is 0 Å². The Balaban J connectivity index is 1.42. The smallest absolute Gasteiger partial charge is 0.0686 e. The highest BCUT2D eigenvalue weighted by atomic mass is 14.2. The van der Waals surface area contributed by atoms with Gasteiger partial charge in [0.1, 0.15) is 0 Å². The molecule has 1 heteroatoms. The maximum absolute atomic E-state index is 2.34. The maximum atomic E-state index is 2.34. The fourth-order valence-corrected chi connectivity index (χ4v) is 6.25. The van der Waals surface area contributed by atoms with Gasteiger partial charge in [0, 0.05) is 0 Å². The Hall–Kier alpha value is -4.36. The number of hydrogen-bond acceptors (Lipinski definition) is 0. The van der Waals surface area contributed by atoms with Crippen molar-refractivity contribution in [3.8, 4) is 22.3 Å². The zero-order valence-electron chi connectivity index (χ0n) is 21.0. The van der Waals surface area contributed by atoms with Crippen molar-refractivity contribution in [2.75, 3.05) is 0 Å². The molecule has 0 fully saturated rings. The number of aryl methyl sites for hydroxylation is 1. The van der Waals surface area contributed by atoms with Gasteiger partial charge >= 0.3 is 0 Å². The van der Waals surface area contributed by atoms with Crippen molar-refractivity contribution in [3.05, 3.63) is 150 Å². The van der Waals surface area contributed by atoms with Crippen molar-refractivity contribution >= 4 is 33.9 Å². The van der Waals surface area contributed by atoms with Crippen molar-refractivity contribution in [1.82, 2.24) is 0 Å². The van der Waals surface area contributed by atoms with Gasteiger partial charge in [0.2, 0.25) is 6.71 Å². The first-order valence-electron chi connectivity index (χ1n) is 13.1. The molecule has 1 aliphatic heterocycles. The molecule has 0 amide bonds. The van der Waals surface area contributed by atoms with E-state index in [4.69, 9.17) is 0 Å². The van der Waals surface area contributed by atoms with Crippen LogP contribution in [0.25, 0.3) is 33.0 Å². The molecule has 37 heavy (non-hydrogen) atoms. The molecule has 0 atom stereocenters. The van der Waals surface area contributed by atoms with Gasteiger partial charge in [0.25, 0.3) is 0 Å². The molecule has 0 unspecified atom stereocenters. The molecular weight excluding hydrogens is 443 g/mol. The minimum atomic E-state index is 0.232. The third-order valence-electron chi connectivity index (χ3n) is 7.93. The van der Waals surface area contributed by atoms with Gasteiger partial charge in [0.05, 0.1) is 0 Å². The highest BCUT2D eigenvalue weighted by Crippen LogP contribution is 2.34. The molecule has 1 aliphatic rings. The van der Waals surface area contributed by atoms with Gasteiger partial charge in [-0.3, -0.25) is 0 Å². The molecule has 0 saturated heterocycles. The van der Waals surface area contributed by atoms with Crippen LogP contribution in [0.15, 0.2) is 133 Å². The minimum Gasteiger partial charge on any atom is -0.0686 e. The Morgan fingerprint density at radius 3 is 2.11 bits per heavy atom. The second kappa shape index (κ2) is 8.94. The van der Waals surface area contributed by atoms with E-state index < -0.39 is 0 Å². The van der Waals surface area contributed by atoms with Crippen LogP contribution < -0.4 is 16.4 Å². The summed E-state index contributed by atoms with van der Waals surface area (Å²) in [4.78, 5) is 0. The largest absolute Gasteiger partial charge is 0.243 e. The number of benzene rings is 6. The van der Waals surface area contributed by atoms with E-state index in [9.17, 15) is 0 Å². The lowest BCUT2D eigenvalue weighted by atomic mass is 9.38. The van der Waals surface area contributed by atoms with Crippen LogP contribution in [0.4, 0.5) is 0 Å². The van der Waals surface area contributed by atoms with Crippen molar-refractivity contribution in [3.63, 3.8) is 0 Å². The van der Waals surface area contributed by atoms with Crippen LogP contribution in [-0.4, -0.2) is 6.71 Å². The van der Waals surface area contributed by atoms with Crippen molar-refractivity contribution in [2.45, 2.75) is 13.3 Å². The Bertz CT molecular complexity index is 1760. The molecule has 1 heterocycles. The van der Waals surface area contributed by atoms with Gasteiger partial charge in [-0.15, -0.1) is 0 Å². The Morgan fingerprint density at radius 2 is 1.24 bits per heavy atom. The van der Waals surface area contributed by atoms with Gasteiger partial charge in [-0.1, -0.05) is 150 Å². The molecule has 7 rings (SSSR count). The van der Waals surface area contributed by atoms with Crippen LogP contribution in [0.2, 0.25) is 0 Å². The molecule has 174 valence electrons. The normalized spacial score (nSPS) is 12.0. The highest BCUT2D eigenvalue weighted by molar-refractivity contribution is 6.99. The summed E-state index contributed by atoms with van der Waals surface area (Å²) in [6, 6.07) is 49.1. The molecule has 0 spiro atoms. The Labute approximate surface area is 219 Å². The van der Waals surface area contributed by atoms with E-state index in [2.05, 4.69) is 140 Å². The first kappa shape index (κ1) is 21.9. The Kier molecular flexibility index (Phi) is 5.29. The van der Waals surface area contributed by atoms with Crippen LogP contribution in [0, 0.1) is 6.92 Å². The summed E-state index contributed by atoms with van der Waals surface area (Å²) in [6.07, 6.45) is 0.910. The van der Waals surface area contributed by atoms with E-state index in [-0.39, 0.29) is 6.71 Å². The molecule has 0 aromatic heterocycles. The van der Waals surface area contributed by atoms with E-state index in [1.165, 1.54) is 66.1 Å². The lowest BCUT2D eigenvalue weighted by molar-refractivity contribution is 1.20. The molecule has 0 saturated carbocycles. The lowest BCUT2D eigenvalue weighted by Gasteiger charge is -2.20. The molecule has 0 N–H and O–H groups in total. The van der Waals surface area contributed by atoms with Crippen LogP contribution in [0.1, 0.15) is 16.7 Å². The van der Waals surface area contributed by atoms with E-state index in [1.54, 1.807) is 0 Å². The van der Waals surface area contributed by atoms with Crippen LogP contribution >= 0.6 is 0 Å². The fraction of sp³-hybridized carbons (Fsp3) is 0.0556. The molecular formula is C36H27B. The first-order chi connectivity index (χ1) is 18.3. The average molecular weight is 470 g/mol. The molecule has 0 radical (unpaired) electrons. The highest BCUT2D eigenvalue weighted by Gasteiger charge is 2.36. The fourth-order valence-electron chi connectivity index (χ4n) is 6.25. The van der Waals surface area contributed by atoms with Crippen LogP contribution in [0.3, 0.4) is 0 Å². The summed E-state index contributed by atoms with van der Waals surface area (Å²) >= 11 is 0. The zero-order chi connectivity index (χ0) is 24.8. The quantitative estimate of drug-likeness (QED) is 0.246. The molecule has 6 aromatic rings. The number of hydrogen-bond donors (Lipinski definition) is 0. The summed E-state index contributed by atoms with van der Waals surface area (Å²) < 4.78 is 0. The van der Waals surface area contributed by atoms with Gasteiger partial charge in [0.15, 0.2) is 0 Å². The topological polar surface area (TPSA) is 0 Å². The van der Waals surface area contributed by atoms with Crippen molar-refractivity contribution < 1.29 is 0 Å². The standard InChI is InChI=1S/C36H27B/c1-25-19-22-33-32-17-9-10-18-34(32)37(30-14-3-2-4-15-30)36(33)35(25)31-16-8-7-13-29(31)24-26-20-21-27-11-5-6-12-28(27)23-26/h2-23H,24H2,1H3. The summed E-state index contributed by atoms with van der Waals surface area (Å²) in [5.74, 6) is 0. The molecule has 0 aliphatic carbocycles. The summed E-state index contributed by atoms with van der Waals surface area (Å²) in [5, 5.41) is 2.59. The van der Waals surface area contributed by atoms with Crippen molar-refractivity contribution in [1.29, 1.82) is 0 Å². The van der Waals surface area contributed by atoms with Gasteiger partial charge in [-0.25, -0.2) is 0 Å². The predicted octanol–water partition coefficient (Wildman–Crippen LogP) is 6.90. The Morgan fingerprint density at radius 1 is 0.541 bits per heavy atom. The molecule has 6 aromatic carbocycles. The van der Waals surface area contributed by atoms with E-state index in [0.717, 1.165) is 6.42 Å². The number of rotatable bonds is 4. The monoisotopic (exact) mass is 470 g/mol.